The third kappa shape index (κ3) is 1.40. The van der Waals surface area contributed by atoms with E-state index in [9.17, 15) is 4.91 Å². The third-order valence-electron chi connectivity index (χ3n) is 1.90. The second kappa shape index (κ2) is 3.14. The fourth-order valence-electron chi connectivity index (χ4n) is 1.26. The molecule has 0 atom stereocenters. The maximum absolute atomic E-state index is 11.0. The molecule has 2 heterocycles. The van der Waals surface area contributed by atoms with Crippen LogP contribution in [-0.4, -0.2) is 28.4 Å². The fraction of sp³-hybridized carbons (Fsp3) is 0.571. The van der Waals surface area contributed by atoms with E-state index in [4.69, 9.17) is 4.74 Å². The van der Waals surface area contributed by atoms with Gasteiger partial charge in [-0.1, -0.05) is 0 Å². The van der Waals surface area contributed by atoms with E-state index in [1.165, 1.54) is 7.11 Å². The van der Waals surface area contributed by atoms with Gasteiger partial charge >= 0.3 is 5.82 Å². The Balaban J connectivity index is 2.30. The lowest BCUT2D eigenvalue weighted by Gasteiger charge is -2.09. The van der Waals surface area contributed by atoms with E-state index in [0.717, 1.165) is 5.69 Å². The van der Waals surface area contributed by atoms with Gasteiger partial charge in [0, 0.05) is 0 Å². The van der Waals surface area contributed by atoms with Gasteiger partial charge in [-0.3, -0.25) is 0 Å². The van der Waals surface area contributed by atoms with Crippen LogP contribution in [0.2, 0.25) is 0 Å². The maximum Gasteiger partial charge on any atom is 0.434 e. The van der Waals surface area contributed by atoms with Gasteiger partial charge in [-0.15, -0.1) is 0 Å². The summed E-state index contributed by atoms with van der Waals surface area (Å²) >= 11 is 0. The summed E-state index contributed by atoms with van der Waals surface area (Å²) in [6.45, 7) is 1.83. The average molecular weight is 184 g/mol. The smallest absolute Gasteiger partial charge is 0.373 e. The predicted molar refractivity (Wildman–Crippen MR) is 42.2 cm³/mol. The SMILES string of the molecule is CO[N+](=O)c1cc2n(n1)CCOC2. The van der Waals surface area contributed by atoms with Crippen molar-refractivity contribution < 1.29 is 14.5 Å². The van der Waals surface area contributed by atoms with Crippen LogP contribution >= 0.6 is 0 Å². The van der Waals surface area contributed by atoms with Crippen LogP contribution in [0.5, 0.6) is 0 Å². The first-order valence-corrected chi connectivity index (χ1v) is 3.97. The number of fused-ring (bicyclic) bond motifs is 1. The molecule has 1 aromatic rings. The molecule has 0 fully saturated rings. The van der Waals surface area contributed by atoms with Gasteiger partial charge in [-0.25, -0.2) is 0 Å². The van der Waals surface area contributed by atoms with Gasteiger partial charge < -0.3 is 9.57 Å². The Labute approximate surface area is 74.6 Å². The molecule has 0 saturated carbocycles. The van der Waals surface area contributed by atoms with Crippen LogP contribution < -0.4 is 0 Å². The quantitative estimate of drug-likeness (QED) is 0.624. The number of ether oxygens (including phenoxy) is 1. The number of rotatable bonds is 2. The van der Waals surface area contributed by atoms with Crippen molar-refractivity contribution in [1.29, 1.82) is 0 Å². The zero-order valence-corrected chi connectivity index (χ0v) is 7.27. The lowest BCUT2D eigenvalue weighted by molar-refractivity contribution is -0.739. The van der Waals surface area contributed by atoms with Crippen molar-refractivity contribution in [3.63, 3.8) is 0 Å². The van der Waals surface area contributed by atoms with Gasteiger partial charge in [0.2, 0.25) is 0 Å². The van der Waals surface area contributed by atoms with E-state index in [1.807, 2.05) is 0 Å². The minimum absolute atomic E-state index is 0.267. The first-order chi connectivity index (χ1) is 6.31. The Hall–Kier alpha value is -1.43. The van der Waals surface area contributed by atoms with Crippen LogP contribution in [0.1, 0.15) is 5.69 Å². The monoisotopic (exact) mass is 184 g/mol. The molecule has 1 aromatic heterocycles. The van der Waals surface area contributed by atoms with Gasteiger partial charge in [-0.2, -0.15) is 4.68 Å². The van der Waals surface area contributed by atoms with Crippen LogP contribution in [0.3, 0.4) is 0 Å². The molecule has 0 spiro atoms. The lowest BCUT2D eigenvalue weighted by Crippen LogP contribution is -2.16. The minimum Gasteiger partial charge on any atom is -0.373 e. The van der Waals surface area contributed by atoms with Crippen molar-refractivity contribution in [2.75, 3.05) is 13.7 Å². The molecule has 70 valence electrons. The van der Waals surface area contributed by atoms with Gasteiger partial charge in [0.05, 0.1) is 36.6 Å². The van der Waals surface area contributed by atoms with Crippen molar-refractivity contribution in [3.8, 4) is 0 Å². The molecule has 0 N–H and O–H groups in total. The van der Waals surface area contributed by atoms with Crippen molar-refractivity contribution in [2.45, 2.75) is 13.2 Å². The van der Waals surface area contributed by atoms with E-state index >= 15 is 0 Å². The molecule has 6 nitrogen and oxygen atoms in total. The summed E-state index contributed by atoms with van der Waals surface area (Å²) in [7, 11) is 1.31. The van der Waals surface area contributed by atoms with Crippen molar-refractivity contribution >= 4 is 5.82 Å². The molecular formula is C7H10N3O3+. The minimum atomic E-state index is 0.267. The molecule has 6 heteroatoms. The van der Waals surface area contributed by atoms with Crippen LogP contribution in [0.15, 0.2) is 6.07 Å². The summed E-state index contributed by atoms with van der Waals surface area (Å²) < 4.78 is 6.95. The van der Waals surface area contributed by atoms with Crippen LogP contribution in [-0.2, 0) is 22.7 Å². The normalized spacial score (nSPS) is 15.2. The van der Waals surface area contributed by atoms with Gasteiger partial charge in [-0.05, 0) is 4.91 Å². The number of aromatic nitrogens is 2. The predicted octanol–water partition coefficient (Wildman–Crippen LogP) is 0.385. The standard InChI is InChI=1S/C7H10N3O3/c1-12-10(11)7-4-6-5-13-3-2-9(6)8-7/h4H,2-3,5H2,1H3/q+1. The zero-order valence-electron chi connectivity index (χ0n) is 7.27. The summed E-state index contributed by atoms with van der Waals surface area (Å²) in [6.07, 6.45) is 0. The van der Waals surface area contributed by atoms with E-state index in [1.54, 1.807) is 10.7 Å². The van der Waals surface area contributed by atoms with Crippen LogP contribution in [0, 0.1) is 4.91 Å². The molecule has 2 rings (SSSR count). The maximum atomic E-state index is 11.0. The largest absolute Gasteiger partial charge is 0.434 e. The second-order valence-electron chi connectivity index (χ2n) is 2.71. The van der Waals surface area contributed by atoms with E-state index in [-0.39, 0.29) is 5.82 Å². The highest BCUT2D eigenvalue weighted by Crippen LogP contribution is 2.15. The Morgan fingerprint density at radius 3 is 3.31 bits per heavy atom. The first kappa shape index (κ1) is 8.18. The second-order valence-corrected chi connectivity index (χ2v) is 2.71. The molecule has 1 aliphatic rings. The molecule has 0 aromatic carbocycles. The first-order valence-electron chi connectivity index (χ1n) is 3.97. The van der Waals surface area contributed by atoms with Gasteiger partial charge in [0.15, 0.2) is 4.92 Å². The number of hydrogen-bond donors (Lipinski definition) is 0. The van der Waals surface area contributed by atoms with Crippen molar-refractivity contribution in [3.05, 3.63) is 16.7 Å². The van der Waals surface area contributed by atoms with Gasteiger partial charge in [0.1, 0.15) is 7.11 Å². The Bertz CT molecular complexity index is 310. The Kier molecular flexibility index (Phi) is 1.97. The van der Waals surface area contributed by atoms with Crippen molar-refractivity contribution in [1.82, 2.24) is 9.78 Å². The summed E-state index contributed by atoms with van der Waals surface area (Å²) in [4.78, 5) is 15.9. The molecule has 1 aliphatic heterocycles. The molecule has 0 radical (unpaired) electrons. The topological polar surface area (TPSA) is 56.4 Å². The van der Waals surface area contributed by atoms with Crippen LogP contribution in [0.25, 0.3) is 0 Å². The third-order valence-corrected chi connectivity index (χ3v) is 1.90. The highest BCUT2D eigenvalue weighted by molar-refractivity contribution is 5.21. The zero-order chi connectivity index (χ0) is 9.26. The number of nitrogens with zero attached hydrogens (tertiary/aromatic N) is 3. The summed E-state index contributed by atoms with van der Waals surface area (Å²) in [5.74, 6) is 0.267. The van der Waals surface area contributed by atoms with Gasteiger partial charge in [0.25, 0.3) is 0 Å². The highest BCUT2D eigenvalue weighted by atomic mass is 16.8. The summed E-state index contributed by atoms with van der Waals surface area (Å²) in [6, 6.07) is 1.66. The van der Waals surface area contributed by atoms with E-state index < -0.39 is 0 Å². The molecule has 0 amide bonds. The summed E-state index contributed by atoms with van der Waals surface area (Å²) in [5.41, 5.74) is 0.902. The molecule has 0 saturated heterocycles. The molecule has 0 unspecified atom stereocenters. The summed E-state index contributed by atoms with van der Waals surface area (Å²) in [5, 5.41) is 4.05. The number of hydrogen-bond acceptors (Lipinski definition) is 4. The molecule has 0 aliphatic carbocycles. The molecule has 13 heavy (non-hydrogen) atoms. The van der Waals surface area contributed by atoms with E-state index in [0.29, 0.717) is 24.7 Å². The molecular weight excluding hydrogens is 174 g/mol. The fourth-order valence-corrected chi connectivity index (χ4v) is 1.26. The van der Waals surface area contributed by atoms with E-state index in [2.05, 4.69) is 9.94 Å². The average Bonchev–Trinajstić information content (AvgIpc) is 2.59. The Morgan fingerprint density at radius 2 is 2.62 bits per heavy atom. The van der Waals surface area contributed by atoms with Crippen LogP contribution in [0.4, 0.5) is 5.82 Å². The lowest BCUT2D eigenvalue weighted by atomic mass is 10.4. The Morgan fingerprint density at radius 1 is 1.77 bits per heavy atom. The van der Waals surface area contributed by atoms with Crippen molar-refractivity contribution in [2.24, 2.45) is 0 Å². The highest BCUT2D eigenvalue weighted by Gasteiger charge is 2.24. The molecule has 0 bridgehead atoms.